The summed E-state index contributed by atoms with van der Waals surface area (Å²) in [4.78, 5) is 11.4. The molecule has 0 aromatic rings. The van der Waals surface area contributed by atoms with Crippen LogP contribution in [0.15, 0.2) is 12.2 Å². The fourth-order valence-corrected chi connectivity index (χ4v) is 3.80. The van der Waals surface area contributed by atoms with Crippen molar-refractivity contribution in [3.8, 4) is 0 Å². The maximum Gasteiger partial charge on any atom is 0.312 e. The molecule has 0 bridgehead atoms. The van der Waals surface area contributed by atoms with Crippen molar-refractivity contribution in [3.63, 3.8) is 0 Å². The predicted molar refractivity (Wildman–Crippen MR) is 76.2 cm³/mol. The first-order valence-corrected chi connectivity index (χ1v) is 9.30. The van der Waals surface area contributed by atoms with E-state index in [1.165, 1.54) is 0 Å². The molecule has 0 aliphatic heterocycles. The molecule has 1 saturated carbocycles. The Morgan fingerprint density at radius 3 is 2.06 bits per heavy atom. The lowest BCUT2D eigenvalue weighted by molar-refractivity contribution is -0.144. The number of hydrogen-bond donors (Lipinski definition) is 1. The molecular weight excluding hydrogens is 244 g/mol. The smallest absolute Gasteiger partial charge is 0.312 e. The second-order valence-electron chi connectivity index (χ2n) is 7.28. The van der Waals surface area contributed by atoms with Crippen molar-refractivity contribution < 1.29 is 14.3 Å². The fraction of sp³-hybridized carbons (Fsp3) is 0.786. The van der Waals surface area contributed by atoms with Gasteiger partial charge in [-0.15, -0.1) is 0 Å². The Labute approximate surface area is 111 Å². The summed E-state index contributed by atoms with van der Waals surface area (Å²) in [5.41, 5.74) is -0.645. The van der Waals surface area contributed by atoms with Crippen LogP contribution in [-0.2, 0) is 9.22 Å². The lowest BCUT2D eigenvalue weighted by Crippen LogP contribution is -2.47. The fourth-order valence-electron chi connectivity index (χ4n) is 2.15. The summed E-state index contributed by atoms with van der Waals surface area (Å²) in [7, 11) is -2.00. The summed E-state index contributed by atoms with van der Waals surface area (Å²) in [5.74, 6) is -0.788. The van der Waals surface area contributed by atoms with Gasteiger partial charge < -0.3 is 9.53 Å². The first-order chi connectivity index (χ1) is 7.80. The third-order valence-corrected chi connectivity index (χ3v) is 9.24. The molecule has 4 heteroatoms. The van der Waals surface area contributed by atoms with Crippen LogP contribution in [0.25, 0.3) is 0 Å². The topological polar surface area (TPSA) is 46.5 Å². The SMILES string of the molecule is C=C(C)[C@]1(O[Si](C)(C)C(C)(C)C)C[C@]1(C)C(=O)O. The van der Waals surface area contributed by atoms with Crippen LogP contribution in [0, 0.1) is 5.41 Å². The van der Waals surface area contributed by atoms with Gasteiger partial charge in [0, 0.05) is 0 Å². The van der Waals surface area contributed by atoms with Gasteiger partial charge in [0.1, 0.15) is 0 Å². The van der Waals surface area contributed by atoms with Crippen molar-refractivity contribution in [2.75, 3.05) is 0 Å². The van der Waals surface area contributed by atoms with Crippen LogP contribution in [0.4, 0.5) is 0 Å². The van der Waals surface area contributed by atoms with Gasteiger partial charge in [-0.3, -0.25) is 4.79 Å². The second kappa shape index (κ2) is 3.94. The molecule has 0 radical (unpaired) electrons. The van der Waals surface area contributed by atoms with Crippen LogP contribution in [-0.4, -0.2) is 25.0 Å². The maximum absolute atomic E-state index is 11.4. The second-order valence-corrected chi connectivity index (χ2v) is 12.0. The Kier molecular flexibility index (Phi) is 3.38. The van der Waals surface area contributed by atoms with Crippen LogP contribution in [0.3, 0.4) is 0 Å². The Morgan fingerprint density at radius 2 is 1.83 bits per heavy atom. The highest BCUT2D eigenvalue weighted by Crippen LogP contribution is 2.64. The Bertz CT molecular complexity index is 394. The molecule has 0 spiro atoms. The molecule has 1 aliphatic carbocycles. The molecule has 1 fully saturated rings. The van der Waals surface area contributed by atoms with Crippen LogP contribution >= 0.6 is 0 Å². The van der Waals surface area contributed by atoms with Crippen molar-refractivity contribution in [1.29, 1.82) is 0 Å². The van der Waals surface area contributed by atoms with E-state index in [1.807, 2.05) is 6.92 Å². The highest BCUT2D eigenvalue weighted by molar-refractivity contribution is 6.74. The standard InChI is InChI=1S/C14H26O3Si/c1-10(2)14(9-13(14,6)11(15)16)17-18(7,8)12(3,4)5/h1,9H2,2-8H3,(H,15,16)/t13-,14-/m1/s1. The molecule has 0 saturated heterocycles. The Hall–Kier alpha value is -0.613. The van der Waals surface area contributed by atoms with Gasteiger partial charge in [0.2, 0.25) is 0 Å². The Balaban J connectivity index is 3.08. The first-order valence-electron chi connectivity index (χ1n) is 6.40. The van der Waals surface area contributed by atoms with Crippen LogP contribution in [0.1, 0.15) is 41.0 Å². The highest BCUT2D eigenvalue weighted by Gasteiger charge is 2.72. The van der Waals surface area contributed by atoms with Gasteiger partial charge >= 0.3 is 5.97 Å². The van der Waals surface area contributed by atoms with Gasteiger partial charge in [0.25, 0.3) is 0 Å². The highest BCUT2D eigenvalue weighted by atomic mass is 28.4. The summed E-state index contributed by atoms with van der Waals surface area (Å²) in [5, 5.41) is 9.46. The normalized spacial score (nSPS) is 32.2. The van der Waals surface area contributed by atoms with E-state index in [0.29, 0.717) is 6.42 Å². The minimum absolute atomic E-state index is 0.0669. The quantitative estimate of drug-likeness (QED) is 0.624. The molecule has 18 heavy (non-hydrogen) atoms. The number of carbonyl (C=O) groups is 1. The third-order valence-electron chi connectivity index (χ3n) is 4.77. The predicted octanol–water partition coefficient (Wildman–Crippen LogP) is 3.82. The summed E-state index contributed by atoms with van der Waals surface area (Å²) < 4.78 is 6.40. The molecule has 0 aromatic carbocycles. The molecule has 0 amide bonds. The van der Waals surface area contributed by atoms with Gasteiger partial charge in [-0.25, -0.2) is 0 Å². The van der Waals surface area contributed by atoms with Crippen molar-refractivity contribution in [1.82, 2.24) is 0 Å². The molecule has 104 valence electrons. The molecule has 1 rings (SSSR count). The van der Waals surface area contributed by atoms with E-state index < -0.39 is 25.3 Å². The minimum Gasteiger partial charge on any atom is -0.481 e. The van der Waals surface area contributed by atoms with Crippen molar-refractivity contribution in [2.24, 2.45) is 5.41 Å². The zero-order chi connectivity index (χ0) is 14.6. The number of carboxylic acid groups (broad SMARTS) is 1. The average Bonchev–Trinajstić information content (AvgIpc) is 2.71. The van der Waals surface area contributed by atoms with E-state index in [1.54, 1.807) is 6.92 Å². The molecule has 3 nitrogen and oxygen atoms in total. The average molecular weight is 270 g/mol. The first kappa shape index (κ1) is 15.4. The van der Waals surface area contributed by atoms with Crippen molar-refractivity contribution >= 4 is 14.3 Å². The van der Waals surface area contributed by atoms with Gasteiger partial charge in [0.05, 0.1) is 11.0 Å². The molecule has 0 unspecified atom stereocenters. The molecule has 1 aliphatic rings. The third kappa shape index (κ3) is 2.05. The monoisotopic (exact) mass is 270 g/mol. The van der Waals surface area contributed by atoms with E-state index in [0.717, 1.165) is 5.57 Å². The molecule has 0 aromatic heterocycles. The molecule has 1 N–H and O–H groups in total. The van der Waals surface area contributed by atoms with E-state index in [2.05, 4.69) is 40.4 Å². The number of carboxylic acids is 1. The minimum atomic E-state index is -2.00. The van der Waals surface area contributed by atoms with E-state index in [4.69, 9.17) is 4.43 Å². The Morgan fingerprint density at radius 1 is 1.39 bits per heavy atom. The largest absolute Gasteiger partial charge is 0.481 e. The number of hydrogen-bond acceptors (Lipinski definition) is 2. The zero-order valence-electron chi connectivity index (χ0n) is 12.7. The zero-order valence-corrected chi connectivity index (χ0v) is 13.7. The van der Waals surface area contributed by atoms with E-state index in [-0.39, 0.29) is 5.04 Å². The van der Waals surface area contributed by atoms with Gasteiger partial charge in [-0.05, 0) is 44.0 Å². The van der Waals surface area contributed by atoms with Gasteiger partial charge in [-0.2, -0.15) is 0 Å². The summed E-state index contributed by atoms with van der Waals surface area (Å²) in [6.45, 7) is 18.4. The molecule has 0 heterocycles. The number of aliphatic carboxylic acids is 1. The van der Waals surface area contributed by atoms with E-state index in [9.17, 15) is 9.90 Å². The van der Waals surface area contributed by atoms with Crippen molar-refractivity contribution in [2.45, 2.75) is 64.8 Å². The van der Waals surface area contributed by atoms with E-state index >= 15 is 0 Å². The van der Waals surface area contributed by atoms with Crippen molar-refractivity contribution in [3.05, 3.63) is 12.2 Å². The lowest BCUT2D eigenvalue weighted by Gasteiger charge is -2.41. The van der Waals surface area contributed by atoms with Gasteiger partial charge in [-0.1, -0.05) is 27.4 Å². The van der Waals surface area contributed by atoms with Crippen LogP contribution in [0.5, 0.6) is 0 Å². The summed E-state index contributed by atoms with van der Waals surface area (Å²) >= 11 is 0. The molecular formula is C14H26O3Si. The van der Waals surface area contributed by atoms with Gasteiger partial charge in [0.15, 0.2) is 8.32 Å². The van der Waals surface area contributed by atoms with Crippen LogP contribution in [0.2, 0.25) is 18.1 Å². The van der Waals surface area contributed by atoms with Crippen LogP contribution < -0.4 is 0 Å². The lowest BCUT2D eigenvalue weighted by atomic mass is 10.00. The summed E-state index contributed by atoms with van der Waals surface area (Å²) in [6, 6.07) is 0. The summed E-state index contributed by atoms with van der Waals surface area (Å²) in [6.07, 6.45) is 0.539. The maximum atomic E-state index is 11.4. The molecule has 2 atom stereocenters. The number of rotatable bonds is 4.